The van der Waals surface area contributed by atoms with Gasteiger partial charge in [0.05, 0.1) is 0 Å². The quantitative estimate of drug-likeness (QED) is 0.546. The molecule has 0 heterocycles. The molecule has 4 N–H and O–H groups in total. The van der Waals surface area contributed by atoms with E-state index in [1.54, 1.807) is 0 Å². The Hall–Kier alpha value is -0.500. The SMILES string of the molecule is NC1=C2CCC(CC1)C(N)C2. The summed E-state index contributed by atoms with van der Waals surface area (Å²) in [6.45, 7) is 0. The molecule has 2 atom stereocenters. The van der Waals surface area contributed by atoms with E-state index < -0.39 is 0 Å². The van der Waals surface area contributed by atoms with Crippen molar-refractivity contribution in [2.45, 2.75) is 38.1 Å². The fourth-order valence-corrected chi connectivity index (χ4v) is 2.29. The van der Waals surface area contributed by atoms with Crippen LogP contribution in [0.1, 0.15) is 32.1 Å². The highest BCUT2D eigenvalue weighted by atomic mass is 14.7. The number of hydrogen-bond acceptors (Lipinski definition) is 2. The standard InChI is InChI=1S/C9H16N2/c10-8-4-3-6-1-2-7(8)5-9(6)11/h6,9H,1-5,10-11H2. The van der Waals surface area contributed by atoms with E-state index in [0.29, 0.717) is 6.04 Å². The number of nitrogens with two attached hydrogens (primary N) is 2. The molecule has 3 aliphatic carbocycles. The van der Waals surface area contributed by atoms with Crippen LogP contribution in [0.3, 0.4) is 0 Å². The summed E-state index contributed by atoms with van der Waals surface area (Å²) in [5.41, 5.74) is 14.5. The highest BCUT2D eigenvalue weighted by molar-refractivity contribution is 5.18. The van der Waals surface area contributed by atoms with Crippen molar-refractivity contribution in [1.82, 2.24) is 0 Å². The summed E-state index contributed by atoms with van der Waals surface area (Å²) >= 11 is 0. The van der Waals surface area contributed by atoms with Gasteiger partial charge in [-0.1, -0.05) is 0 Å². The van der Waals surface area contributed by atoms with Crippen LogP contribution in [0.2, 0.25) is 0 Å². The van der Waals surface area contributed by atoms with Crippen molar-refractivity contribution in [3.05, 3.63) is 11.3 Å². The van der Waals surface area contributed by atoms with E-state index in [4.69, 9.17) is 11.5 Å². The Kier molecular flexibility index (Phi) is 1.64. The van der Waals surface area contributed by atoms with Crippen molar-refractivity contribution >= 4 is 0 Å². The number of rotatable bonds is 0. The predicted molar refractivity (Wildman–Crippen MR) is 45.8 cm³/mol. The summed E-state index contributed by atoms with van der Waals surface area (Å²) in [5, 5.41) is 0. The van der Waals surface area contributed by atoms with Crippen LogP contribution in [0.4, 0.5) is 0 Å². The van der Waals surface area contributed by atoms with Gasteiger partial charge >= 0.3 is 0 Å². The van der Waals surface area contributed by atoms with Crippen LogP contribution in [0, 0.1) is 5.92 Å². The van der Waals surface area contributed by atoms with Crippen LogP contribution in [-0.4, -0.2) is 6.04 Å². The van der Waals surface area contributed by atoms with Crippen LogP contribution < -0.4 is 11.5 Å². The van der Waals surface area contributed by atoms with E-state index in [0.717, 1.165) is 24.5 Å². The third kappa shape index (κ3) is 1.16. The van der Waals surface area contributed by atoms with Crippen molar-refractivity contribution < 1.29 is 0 Å². The summed E-state index contributed by atoms with van der Waals surface area (Å²) in [4.78, 5) is 0. The molecule has 1 fully saturated rings. The van der Waals surface area contributed by atoms with E-state index in [2.05, 4.69) is 0 Å². The van der Waals surface area contributed by atoms with E-state index >= 15 is 0 Å². The van der Waals surface area contributed by atoms with Crippen LogP contribution in [0.25, 0.3) is 0 Å². The minimum absolute atomic E-state index is 0.403. The van der Waals surface area contributed by atoms with Gasteiger partial charge in [-0.05, 0) is 43.6 Å². The maximum atomic E-state index is 5.99. The van der Waals surface area contributed by atoms with Crippen molar-refractivity contribution in [3.63, 3.8) is 0 Å². The third-order valence-electron chi connectivity index (χ3n) is 3.14. The molecule has 0 aromatic heterocycles. The fourth-order valence-electron chi connectivity index (χ4n) is 2.29. The molecule has 0 aromatic rings. The van der Waals surface area contributed by atoms with Crippen molar-refractivity contribution in [1.29, 1.82) is 0 Å². The van der Waals surface area contributed by atoms with Crippen LogP contribution >= 0.6 is 0 Å². The molecular formula is C9H16N2. The van der Waals surface area contributed by atoms with Gasteiger partial charge in [-0.3, -0.25) is 0 Å². The number of hydrogen-bond donors (Lipinski definition) is 2. The third-order valence-corrected chi connectivity index (χ3v) is 3.14. The van der Waals surface area contributed by atoms with E-state index in [1.165, 1.54) is 24.8 Å². The minimum Gasteiger partial charge on any atom is -0.402 e. The molecule has 62 valence electrons. The average molecular weight is 152 g/mol. The van der Waals surface area contributed by atoms with Gasteiger partial charge in [-0.25, -0.2) is 0 Å². The molecule has 2 bridgehead atoms. The van der Waals surface area contributed by atoms with Gasteiger partial charge in [0, 0.05) is 11.7 Å². The first-order valence-corrected chi connectivity index (χ1v) is 4.49. The van der Waals surface area contributed by atoms with E-state index in [1.807, 2.05) is 0 Å². The summed E-state index contributed by atoms with van der Waals surface area (Å²) < 4.78 is 0. The van der Waals surface area contributed by atoms with Crippen LogP contribution in [0.15, 0.2) is 11.3 Å². The van der Waals surface area contributed by atoms with Crippen molar-refractivity contribution in [2.24, 2.45) is 17.4 Å². The lowest BCUT2D eigenvalue weighted by Gasteiger charge is -2.26. The fraction of sp³-hybridized carbons (Fsp3) is 0.778. The van der Waals surface area contributed by atoms with Crippen molar-refractivity contribution in [3.8, 4) is 0 Å². The Balaban J connectivity index is 2.25. The Morgan fingerprint density at radius 3 is 2.64 bits per heavy atom. The molecule has 0 saturated heterocycles. The summed E-state index contributed by atoms with van der Waals surface area (Å²) in [6.07, 6.45) is 5.86. The second-order valence-electron chi connectivity index (χ2n) is 3.83. The number of allylic oxidation sites excluding steroid dienone is 1. The Bertz CT molecular complexity index is 196. The Labute approximate surface area is 67.6 Å². The normalized spacial score (nSPS) is 37.5. The zero-order chi connectivity index (χ0) is 7.84. The highest BCUT2D eigenvalue weighted by Gasteiger charge is 2.28. The summed E-state index contributed by atoms with van der Waals surface area (Å²) in [7, 11) is 0. The molecule has 0 aromatic carbocycles. The zero-order valence-electron chi connectivity index (χ0n) is 6.84. The molecule has 0 aliphatic heterocycles. The second kappa shape index (κ2) is 2.52. The lowest BCUT2D eigenvalue weighted by atomic mass is 9.83. The summed E-state index contributed by atoms with van der Waals surface area (Å²) in [6, 6.07) is 0.403. The molecule has 0 amide bonds. The van der Waals surface area contributed by atoms with Gasteiger partial charge in [0.1, 0.15) is 0 Å². The second-order valence-corrected chi connectivity index (χ2v) is 3.83. The maximum Gasteiger partial charge on any atom is 0.0105 e. The Morgan fingerprint density at radius 2 is 1.91 bits per heavy atom. The molecule has 2 heteroatoms. The largest absolute Gasteiger partial charge is 0.402 e. The highest BCUT2D eigenvalue weighted by Crippen LogP contribution is 2.36. The minimum atomic E-state index is 0.403. The molecule has 0 radical (unpaired) electrons. The van der Waals surface area contributed by atoms with Crippen molar-refractivity contribution in [2.75, 3.05) is 0 Å². The first-order chi connectivity index (χ1) is 5.27. The molecular weight excluding hydrogens is 136 g/mol. The zero-order valence-corrected chi connectivity index (χ0v) is 6.84. The molecule has 2 nitrogen and oxygen atoms in total. The first kappa shape index (κ1) is 7.17. The predicted octanol–water partition coefficient (Wildman–Crippen LogP) is 1.12. The molecule has 0 spiro atoms. The molecule has 1 saturated carbocycles. The average Bonchev–Trinajstić information content (AvgIpc) is 2.22. The molecule has 3 aliphatic rings. The monoisotopic (exact) mass is 152 g/mol. The number of fused-ring (bicyclic) bond motifs is 4. The maximum absolute atomic E-state index is 5.99. The molecule has 3 rings (SSSR count). The van der Waals surface area contributed by atoms with Gasteiger partial charge in [-0.2, -0.15) is 0 Å². The van der Waals surface area contributed by atoms with Gasteiger partial charge in [0.2, 0.25) is 0 Å². The Morgan fingerprint density at radius 1 is 1.18 bits per heavy atom. The van der Waals surface area contributed by atoms with E-state index in [9.17, 15) is 0 Å². The van der Waals surface area contributed by atoms with Crippen LogP contribution in [0.5, 0.6) is 0 Å². The summed E-state index contributed by atoms with van der Waals surface area (Å²) in [5.74, 6) is 0.750. The topological polar surface area (TPSA) is 52.0 Å². The van der Waals surface area contributed by atoms with Gasteiger partial charge in [0.25, 0.3) is 0 Å². The molecule has 2 unspecified atom stereocenters. The first-order valence-electron chi connectivity index (χ1n) is 4.49. The van der Waals surface area contributed by atoms with Gasteiger partial charge < -0.3 is 11.5 Å². The van der Waals surface area contributed by atoms with Crippen LogP contribution in [-0.2, 0) is 0 Å². The van der Waals surface area contributed by atoms with Gasteiger partial charge in [-0.15, -0.1) is 0 Å². The lowest BCUT2D eigenvalue weighted by molar-refractivity contribution is 0.348. The smallest absolute Gasteiger partial charge is 0.0105 e. The van der Waals surface area contributed by atoms with E-state index in [-0.39, 0.29) is 0 Å². The van der Waals surface area contributed by atoms with Gasteiger partial charge in [0.15, 0.2) is 0 Å². The molecule has 11 heavy (non-hydrogen) atoms. The lowest BCUT2D eigenvalue weighted by Crippen LogP contribution is -2.32.